The van der Waals surface area contributed by atoms with Gasteiger partial charge in [-0.05, 0) is 49.1 Å². The van der Waals surface area contributed by atoms with E-state index in [1.807, 2.05) is 43.3 Å². The van der Waals surface area contributed by atoms with E-state index in [9.17, 15) is 4.79 Å². The van der Waals surface area contributed by atoms with Gasteiger partial charge in [-0.2, -0.15) is 0 Å². The van der Waals surface area contributed by atoms with E-state index in [1.165, 1.54) is 5.56 Å². The van der Waals surface area contributed by atoms with Crippen LogP contribution in [0.4, 0.5) is 11.4 Å². The third-order valence-corrected chi connectivity index (χ3v) is 6.01. The lowest BCUT2D eigenvalue weighted by atomic mass is 9.97. The van der Waals surface area contributed by atoms with Gasteiger partial charge in [-0.25, -0.2) is 0 Å². The fourth-order valence-corrected chi connectivity index (χ4v) is 3.89. The SMILES string of the molecule is CCC(C)c1ccccc1NC(=O)C(C)N1CCN(c2cccc(Cl)c2)CC1. The maximum absolute atomic E-state index is 12.9. The zero-order chi connectivity index (χ0) is 20.1. The largest absolute Gasteiger partial charge is 0.369 e. The molecule has 2 aromatic rings. The molecule has 0 aromatic heterocycles. The average molecular weight is 400 g/mol. The Morgan fingerprint density at radius 2 is 1.79 bits per heavy atom. The number of amides is 1. The molecule has 1 aliphatic heterocycles. The maximum Gasteiger partial charge on any atom is 0.241 e. The van der Waals surface area contributed by atoms with Crippen LogP contribution in [0, 0.1) is 0 Å². The first-order chi connectivity index (χ1) is 13.5. The Bertz CT molecular complexity index is 802. The van der Waals surface area contributed by atoms with Crippen LogP contribution in [0.15, 0.2) is 48.5 Å². The highest BCUT2D eigenvalue weighted by molar-refractivity contribution is 6.30. The molecule has 0 bridgehead atoms. The topological polar surface area (TPSA) is 35.6 Å². The number of nitrogens with one attached hydrogen (secondary N) is 1. The van der Waals surface area contributed by atoms with Gasteiger partial charge in [0, 0.05) is 42.6 Å². The number of halogens is 1. The Morgan fingerprint density at radius 1 is 1.07 bits per heavy atom. The highest BCUT2D eigenvalue weighted by atomic mass is 35.5. The van der Waals surface area contributed by atoms with Crippen LogP contribution < -0.4 is 10.2 Å². The fraction of sp³-hybridized carbons (Fsp3) is 0.435. The van der Waals surface area contributed by atoms with Gasteiger partial charge < -0.3 is 10.2 Å². The smallest absolute Gasteiger partial charge is 0.241 e. The lowest BCUT2D eigenvalue weighted by Crippen LogP contribution is -2.52. The van der Waals surface area contributed by atoms with Crippen molar-refractivity contribution in [1.29, 1.82) is 0 Å². The van der Waals surface area contributed by atoms with Gasteiger partial charge in [0.25, 0.3) is 0 Å². The van der Waals surface area contributed by atoms with E-state index < -0.39 is 0 Å². The monoisotopic (exact) mass is 399 g/mol. The number of piperazine rings is 1. The van der Waals surface area contributed by atoms with Gasteiger partial charge in [-0.15, -0.1) is 0 Å². The molecule has 1 heterocycles. The summed E-state index contributed by atoms with van der Waals surface area (Å²) < 4.78 is 0. The minimum atomic E-state index is -0.161. The lowest BCUT2D eigenvalue weighted by Gasteiger charge is -2.38. The van der Waals surface area contributed by atoms with Gasteiger partial charge in [0.15, 0.2) is 0 Å². The molecule has 1 fully saturated rings. The van der Waals surface area contributed by atoms with Gasteiger partial charge >= 0.3 is 0 Å². The third-order valence-electron chi connectivity index (χ3n) is 5.78. The number of anilines is 2. The summed E-state index contributed by atoms with van der Waals surface area (Å²) in [7, 11) is 0. The van der Waals surface area contributed by atoms with E-state index >= 15 is 0 Å². The van der Waals surface area contributed by atoms with Crippen molar-refractivity contribution in [2.75, 3.05) is 36.4 Å². The standard InChI is InChI=1S/C23H30ClN3O/c1-4-17(2)21-10-5-6-11-22(21)25-23(28)18(3)26-12-14-27(15-13-26)20-9-7-8-19(24)16-20/h5-11,16-18H,4,12-15H2,1-3H3,(H,25,28). The Hall–Kier alpha value is -2.04. The van der Waals surface area contributed by atoms with Crippen LogP contribution in [-0.2, 0) is 4.79 Å². The van der Waals surface area contributed by atoms with Crippen LogP contribution in [0.25, 0.3) is 0 Å². The summed E-state index contributed by atoms with van der Waals surface area (Å²) in [5, 5.41) is 3.92. The molecule has 2 unspecified atom stereocenters. The second kappa shape index (κ2) is 9.44. The normalized spacial score (nSPS) is 17.2. The summed E-state index contributed by atoms with van der Waals surface area (Å²) >= 11 is 6.12. The highest BCUT2D eigenvalue weighted by Gasteiger charge is 2.26. The number of nitrogens with zero attached hydrogens (tertiary/aromatic N) is 2. The molecule has 28 heavy (non-hydrogen) atoms. The number of benzene rings is 2. The van der Waals surface area contributed by atoms with Crippen molar-refractivity contribution in [2.24, 2.45) is 0 Å². The summed E-state index contributed by atoms with van der Waals surface area (Å²) in [6.07, 6.45) is 1.05. The van der Waals surface area contributed by atoms with E-state index in [0.717, 1.165) is 49.0 Å². The molecular formula is C23H30ClN3O. The second-order valence-corrected chi connectivity index (χ2v) is 8.00. The van der Waals surface area contributed by atoms with Gasteiger partial charge in [0.1, 0.15) is 0 Å². The van der Waals surface area contributed by atoms with Crippen molar-refractivity contribution in [3.63, 3.8) is 0 Å². The number of hydrogen-bond acceptors (Lipinski definition) is 3. The molecule has 3 rings (SSSR count). The number of rotatable bonds is 6. The number of para-hydroxylation sites is 1. The molecule has 2 atom stereocenters. The number of hydrogen-bond donors (Lipinski definition) is 1. The van der Waals surface area contributed by atoms with Crippen LogP contribution in [0.2, 0.25) is 5.02 Å². The van der Waals surface area contributed by atoms with Crippen LogP contribution >= 0.6 is 11.6 Å². The molecule has 0 spiro atoms. The molecule has 0 saturated carbocycles. The van der Waals surface area contributed by atoms with Crippen molar-refractivity contribution < 1.29 is 4.79 Å². The van der Waals surface area contributed by atoms with E-state index in [0.29, 0.717) is 5.92 Å². The predicted octanol–water partition coefficient (Wildman–Crippen LogP) is 5.00. The summed E-state index contributed by atoms with van der Waals surface area (Å²) in [6, 6.07) is 15.9. The van der Waals surface area contributed by atoms with Gasteiger partial charge in [0.2, 0.25) is 5.91 Å². The van der Waals surface area contributed by atoms with Crippen molar-refractivity contribution in [3.8, 4) is 0 Å². The van der Waals surface area contributed by atoms with Crippen LogP contribution in [0.1, 0.15) is 38.7 Å². The molecule has 1 aliphatic rings. The fourth-order valence-electron chi connectivity index (χ4n) is 3.70. The molecule has 5 heteroatoms. The first-order valence-corrected chi connectivity index (χ1v) is 10.5. The molecule has 4 nitrogen and oxygen atoms in total. The second-order valence-electron chi connectivity index (χ2n) is 7.56. The Balaban J connectivity index is 1.59. The minimum absolute atomic E-state index is 0.0620. The Morgan fingerprint density at radius 3 is 2.46 bits per heavy atom. The molecule has 1 amide bonds. The Kier molecular flexibility index (Phi) is 6.97. The first kappa shape index (κ1) is 20.7. The van der Waals surface area contributed by atoms with Crippen LogP contribution in [0.5, 0.6) is 0 Å². The van der Waals surface area contributed by atoms with Gasteiger partial charge in [-0.3, -0.25) is 9.69 Å². The predicted molar refractivity (Wildman–Crippen MR) is 118 cm³/mol. The molecule has 150 valence electrons. The van der Waals surface area contributed by atoms with Crippen molar-refractivity contribution in [1.82, 2.24) is 4.90 Å². The number of carbonyl (C=O) groups is 1. The lowest BCUT2D eigenvalue weighted by molar-refractivity contribution is -0.120. The van der Waals surface area contributed by atoms with E-state index in [1.54, 1.807) is 0 Å². The van der Waals surface area contributed by atoms with Crippen molar-refractivity contribution >= 4 is 28.9 Å². The molecule has 2 aromatic carbocycles. The van der Waals surface area contributed by atoms with Gasteiger partial charge in [-0.1, -0.05) is 49.7 Å². The molecule has 0 aliphatic carbocycles. The Labute approximate surface area is 173 Å². The van der Waals surface area contributed by atoms with Crippen LogP contribution in [-0.4, -0.2) is 43.0 Å². The maximum atomic E-state index is 12.9. The first-order valence-electron chi connectivity index (χ1n) is 10.1. The van der Waals surface area contributed by atoms with E-state index in [-0.39, 0.29) is 11.9 Å². The summed E-state index contributed by atoms with van der Waals surface area (Å²) in [5.41, 5.74) is 3.29. The molecule has 1 saturated heterocycles. The van der Waals surface area contributed by atoms with Crippen molar-refractivity contribution in [2.45, 2.75) is 39.2 Å². The summed E-state index contributed by atoms with van der Waals surface area (Å²) in [5.74, 6) is 0.486. The number of carbonyl (C=O) groups excluding carboxylic acids is 1. The van der Waals surface area contributed by atoms with Crippen LogP contribution in [0.3, 0.4) is 0 Å². The zero-order valence-corrected chi connectivity index (χ0v) is 17.7. The third kappa shape index (κ3) is 4.86. The van der Waals surface area contributed by atoms with E-state index in [2.05, 4.69) is 41.1 Å². The minimum Gasteiger partial charge on any atom is -0.369 e. The molecular weight excluding hydrogens is 370 g/mol. The summed E-state index contributed by atoms with van der Waals surface area (Å²) in [4.78, 5) is 17.5. The van der Waals surface area contributed by atoms with E-state index in [4.69, 9.17) is 11.6 Å². The highest BCUT2D eigenvalue weighted by Crippen LogP contribution is 2.27. The van der Waals surface area contributed by atoms with Gasteiger partial charge in [0.05, 0.1) is 6.04 Å². The average Bonchev–Trinajstić information content (AvgIpc) is 2.73. The summed E-state index contributed by atoms with van der Waals surface area (Å²) in [6.45, 7) is 9.86. The molecule has 0 radical (unpaired) electrons. The quantitative estimate of drug-likeness (QED) is 0.742. The zero-order valence-electron chi connectivity index (χ0n) is 17.0. The van der Waals surface area contributed by atoms with Crippen molar-refractivity contribution in [3.05, 3.63) is 59.1 Å². The molecule has 1 N–H and O–H groups in total.